The molecule has 1 aromatic rings. The summed E-state index contributed by atoms with van der Waals surface area (Å²) in [7, 11) is 0. The van der Waals surface area contributed by atoms with E-state index in [-0.39, 0.29) is 0 Å². The summed E-state index contributed by atoms with van der Waals surface area (Å²) in [5, 5.41) is 0.701. The predicted octanol–water partition coefficient (Wildman–Crippen LogP) is 2.82. The van der Waals surface area contributed by atoms with Crippen LogP contribution in [0, 0.1) is 0 Å². The van der Waals surface area contributed by atoms with Gasteiger partial charge >= 0.3 is 0 Å². The second-order valence-corrected chi connectivity index (χ2v) is 6.33. The fourth-order valence-electron chi connectivity index (χ4n) is 2.50. The van der Waals surface area contributed by atoms with Crippen molar-refractivity contribution >= 4 is 11.8 Å². The van der Waals surface area contributed by atoms with Gasteiger partial charge in [0.25, 0.3) is 0 Å². The van der Waals surface area contributed by atoms with Gasteiger partial charge in [0.2, 0.25) is 0 Å². The van der Waals surface area contributed by atoms with Crippen LogP contribution < -0.4 is 15.2 Å². The normalized spacial score (nSPS) is 26.9. The van der Waals surface area contributed by atoms with Gasteiger partial charge in [-0.15, -0.1) is 11.8 Å². The predicted molar refractivity (Wildman–Crippen MR) is 73.5 cm³/mol. The van der Waals surface area contributed by atoms with E-state index in [0.29, 0.717) is 24.5 Å². The minimum Gasteiger partial charge on any atom is -0.486 e. The average molecular weight is 265 g/mol. The zero-order valence-corrected chi connectivity index (χ0v) is 11.2. The maximum absolute atomic E-state index is 5.94. The SMILES string of the molecule is NC1CCC(Sc2ccc3c(c2)OCCO3)CC1. The highest BCUT2D eigenvalue weighted by molar-refractivity contribution is 8.00. The molecule has 1 fully saturated rings. The van der Waals surface area contributed by atoms with Crippen LogP contribution in [0.3, 0.4) is 0 Å². The molecule has 0 saturated heterocycles. The number of thioether (sulfide) groups is 1. The lowest BCUT2D eigenvalue weighted by molar-refractivity contribution is 0.171. The molecule has 0 spiro atoms. The number of rotatable bonds is 2. The summed E-state index contributed by atoms with van der Waals surface area (Å²) in [6, 6.07) is 6.67. The molecule has 1 aliphatic heterocycles. The molecule has 2 N–H and O–H groups in total. The average Bonchev–Trinajstić information content (AvgIpc) is 2.41. The van der Waals surface area contributed by atoms with Crippen LogP contribution >= 0.6 is 11.8 Å². The fraction of sp³-hybridized carbons (Fsp3) is 0.571. The first-order valence-electron chi connectivity index (χ1n) is 6.63. The molecular weight excluding hydrogens is 246 g/mol. The van der Waals surface area contributed by atoms with Crippen LogP contribution in [-0.2, 0) is 0 Å². The molecule has 0 amide bonds. The number of benzene rings is 1. The van der Waals surface area contributed by atoms with Crippen molar-refractivity contribution in [3.05, 3.63) is 18.2 Å². The lowest BCUT2D eigenvalue weighted by atomic mass is 9.96. The summed E-state index contributed by atoms with van der Waals surface area (Å²) in [5.41, 5.74) is 5.94. The van der Waals surface area contributed by atoms with Crippen LogP contribution in [0.5, 0.6) is 11.5 Å². The largest absolute Gasteiger partial charge is 0.486 e. The molecule has 0 unspecified atom stereocenters. The standard InChI is InChI=1S/C14H19NO2S/c15-10-1-3-11(4-2-10)18-12-5-6-13-14(9-12)17-8-7-16-13/h5-6,9-11H,1-4,7-8,15H2. The van der Waals surface area contributed by atoms with Gasteiger partial charge in [-0.25, -0.2) is 0 Å². The quantitative estimate of drug-likeness (QED) is 0.893. The van der Waals surface area contributed by atoms with E-state index in [1.165, 1.54) is 17.7 Å². The molecule has 2 aliphatic rings. The highest BCUT2D eigenvalue weighted by Crippen LogP contribution is 2.38. The Morgan fingerprint density at radius 3 is 2.50 bits per heavy atom. The minimum absolute atomic E-state index is 0.419. The van der Waals surface area contributed by atoms with Crippen LogP contribution in [0.4, 0.5) is 0 Å². The number of ether oxygens (including phenoxy) is 2. The van der Waals surface area contributed by atoms with E-state index >= 15 is 0 Å². The molecule has 3 nitrogen and oxygen atoms in total. The summed E-state index contributed by atoms with van der Waals surface area (Å²) < 4.78 is 11.1. The third-order valence-corrected chi connectivity index (χ3v) is 4.87. The number of nitrogens with two attached hydrogens (primary N) is 1. The minimum atomic E-state index is 0.419. The Labute approximate surface area is 112 Å². The number of hydrogen-bond acceptors (Lipinski definition) is 4. The highest BCUT2D eigenvalue weighted by Gasteiger charge is 2.20. The van der Waals surface area contributed by atoms with Crippen molar-refractivity contribution in [2.45, 2.75) is 41.9 Å². The van der Waals surface area contributed by atoms with Crippen molar-refractivity contribution in [2.75, 3.05) is 13.2 Å². The molecule has 0 aromatic heterocycles. The molecule has 1 saturated carbocycles. The van der Waals surface area contributed by atoms with Gasteiger partial charge in [0.15, 0.2) is 11.5 Å². The Bertz CT molecular complexity index is 416. The van der Waals surface area contributed by atoms with Crippen molar-refractivity contribution in [3.63, 3.8) is 0 Å². The maximum atomic E-state index is 5.94. The smallest absolute Gasteiger partial charge is 0.162 e. The van der Waals surface area contributed by atoms with E-state index in [1.54, 1.807) is 0 Å². The first-order valence-corrected chi connectivity index (χ1v) is 7.51. The molecule has 4 heteroatoms. The molecule has 0 radical (unpaired) electrons. The van der Waals surface area contributed by atoms with Crippen LogP contribution in [0.1, 0.15) is 25.7 Å². The zero-order valence-electron chi connectivity index (χ0n) is 10.4. The van der Waals surface area contributed by atoms with E-state index < -0.39 is 0 Å². The molecular formula is C14H19NO2S. The second kappa shape index (κ2) is 5.41. The molecule has 1 heterocycles. The summed E-state index contributed by atoms with van der Waals surface area (Å²) >= 11 is 1.95. The van der Waals surface area contributed by atoms with Gasteiger partial charge in [-0.3, -0.25) is 0 Å². The Morgan fingerprint density at radius 1 is 1.00 bits per heavy atom. The first kappa shape index (κ1) is 12.2. The second-order valence-electron chi connectivity index (χ2n) is 4.96. The van der Waals surface area contributed by atoms with E-state index in [4.69, 9.17) is 15.2 Å². The van der Waals surface area contributed by atoms with Crippen LogP contribution in [0.15, 0.2) is 23.1 Å². The van der Waals surface area contributed by atoms with Gasteiger partial charge in [0, 0.05) is 16.2 Å². The van der Waals surface area contributed by atoms with E-state index in [0.717, 1.165) is 24.3 Å². The van der Waals surface area contributed by atoms with E-state index in [1.807, 2.05) is 17.8 Å². The summed E-state index contributed by atoms with van der Waals surface area (Å²) in [4.78, 5) is 1.28. The van der Waals surface area contributed by atoms with Crippen LogP contribution in [-0.4, -0.2) is 24.5 Å². The third kappa shape index (κ3) is 2.75. The van der Waals surface area contributed by atoms with Crippen LogP contribution in [0.25, 0.3) is 0 Å². The van der Waals surface area contributed by atoms with Crippen molar-refractivity contribution < 1.29 is 9.47 Å². The molecule has 0 bridgehead atoms. The van der Waals surface area contributed by atoms with Gasteiger partial charge in [0.05, 0.1) is 0 Å². The molecule has 0 atom stereocenters. The van der Waals surface area contributed by atoms with Gasteiger partial charge in [0.1, 0.15) is 13.2 Å². The Morgan fingerprint density at radius 2 is 1.72 bits per heavy atom. The monoisotopic (exact) mass is 265 g/mol. The third-order valence-electron chi connectivity index (χ3n) is 3.54. The van der Waals surface area contributed by atoms with E-state index in [2.05, 4.69) is 12.1 Å². The topological polar surface area (TPSA) is 44.5 Å². The Kier molecular flexibility index (Phi) is 3.66. The number of hydrogen-bond donors (Lipinski definition) is 1. The Balaban J connectivity index is 1.66. The van der Waals surface area contributed by atoms with Gasteiger partial charge in [-0.2, -0.15) is 0 Å². The molecule has 18 heavy (non-hydrogen) atoms. The molecule has 98 valence electrons. The number of fused-ring (bicyclic) bond motifs is 1. The van der Waals surface area contributed by atoms with Crippen molar-refractivity contribution in [1.82, 2.24) is 0 Å². The van der Waals surface area contributed by atoms with E-state index in [9.17, 15) is 0 Å². The summed E-state index contributed by atoms with van der Waals surface area (Å²) in [5.74, 6) is 1.76. The zero-order chi connectivity index (χ0) is 12.4. The van der Waals surface area contributed by atoms with Gasteiger partial charge in [-0.05, 0) is 43.9 Å². The summed E-state index contributed by atoms with van der Waals surface area (Å²) in [6.07, 6.45) is 4.75. The maximum Gasteiger partial charge on any atom is 0.162 e. The molecule has 3 rings (SSSR count). The van der Waals surface area contributed by atoms with Crippen molar-refractivity contribution in [3.8, 4) is 11.5 Å². The van der Waals surface area contributed by atoms with Crippen molar-refractivity contribution in [2.24, 2.45) is 5.73 Å². The Hall–Kier alpha value is -0.870. The van der Waals surface area contributed by atoms with Gasteiger partial charge < -0.3 is 15.2 Å². The fourth-order valence-corrected chi connectivity index (χ4v) is 3.71. The van der Waals surface area contributed by atoms with Crippen molar-refractivity contribution in [1.29, 1.82) is 0 Å². The van der Waals surface area contributed by atoms with Gasteiger partial charge in [-0.1, -0.05) is 0 Å². The highest BCUT2D eigenvalue weighted by atomic mass is 32.2. The van der Waals surface area contributed by atoms with Crippen LogP contribution in [0.2, 0.25) is 0 Å². The lowest BCUT2D eigenvalue weighted by Gasteiger charge is -2.26. The molecule has 1 aromatic carbocycles. The summed E-state index contributed by atoms with van der Waals surface area (Å²) in [6.45, 7) is 1.30. The first-order chi connectivity index (χ1) is 8.81. The molecule has 1 aliphatic carbocycles. The lowest BCUT2D eigenvalue weighted by Crippen LogP contribution is -2.27.